The molecule has 5 heteroatoms. The Kier molecular flexibility index (Phi) is 2.30. The Hall–Kier alpha value is -2.30. The van der Waals surface area contributed by atoms with Crippen molar-refractivity contribution in [3.63, 3.8) is 0 Å². The number of oxazole rings is 1. The summed E-state index contributed by atoms with van der Waals surface area (Å²) in [6.07, 6.45) is 4.12. The summed E-state index contributed by atoms with van der Waals surface area (Å²) < 4.78 is 16.4. The fourth-order valence-electron chi connectivity index (χ4n) is 1.93. The predicted molar refractivity (Wildman–Crippen MR) is 67.7 cm³/mol. The van der Waals surface area contributed by atoms with Crippen LogP contribution in [-0.2, 0) is 0 Å². The van der Waals surface area contributed by atoms with Crippen molar-refractivity contribution in [3.8, 4) is 17.4 Å². The normalized spacial score (nSPS) is 14.9. The highest BCUT2D eigenvalue weighted by molar-refractivity contribution is 5.76. The van der Waals surface area contributed by atoms with Crippen LogP contribution in [0.25, 0.3) is 22.8 Å². The van der Waals surface area contributed by atoms with E-state index in [1.54, 1.807) is 12.3 Å². The van der Waals surface area contributed by atoms with Gasteiger partial charge in [0.25, 0.3) is 5.89 Å². The molecule has 2 heterocycles. The Morgan fingerprint density at radius 3 is 3.00 bits per heavy atom. The molecule has 0 unspecified atom stereocenters. The lowest BCUT2D eigenvalue weighted by Crippen LogP contribution is -1.98. The number of hydrogen-bond donors (Lipinski definition) is 0. The summed E-state index contributed by atoms with van der Waals surface area (Å²) >= 11 is 0. The van der Waals surface area contributed by atoms with Gasteiger partial charge < -0.3 is 13.7 Å². The second-order valence-corrected chi connectivity index (χ2v) is 4.78. The average Bonchev–Trinajstić information content (AvgIpc) is 2.92. The Balaban J connectivity index is 1.64. The highest BCUT2D eigenvalue weighted by Gasteiger charge is 2.22. The van der Waals surface area contributed by atoms with Crippen LogP contribution in [0.3, 0.4) is 0 Å². The molecule has 1 aliphatic carbocycles. The molecule has 96 valence electrons. The van der Waals surface area contributed by atoms with Crippen molar-refractivity contribution in [1.29, 1.82) is 0 Å². The molecule has 19 heavy (non-hydrogen) atoms. The van der Waals surface area contributed by atoms with Crippen LogP contribution in [0.2, 0.25) is 0 Å². The van der Waals surface area contributed by atoms with E-state index in [-0.39, 0.29) is 0 Å². The molecule has 1 fully saturated rings. The van der Waals surface area contributed by atoms with Crippen molar-refractivity contribution >= 4 is 11.1 Å². The van der Waals surface area contributed by atoms with Crippen LogP contribution in [0.15, 0.2) is 39.4 Å². The summed E-state index contributed by atoms with van der Waals surface area (Å²) in [6.45, 7) is 0.790. The first kappa shape index (κ1) is 10.6. The van der Waals surface area contributed by atoms with Crippen LogP contribution >= 0.6 is 0 Å². The van der Waals surface area contributed by atoms with Crippen LogP contribution < -0.4 is 4.74 Å². The zero-order valence-electron chi connectivity index (χ0n) is 10.2. The van der Waals surface area contributed by atoms with E-state index < -0.39 is 0 Å². The van der Waals surface area contributed by atoms with Crippen molar-refractivity contribution in [2.24, 2.45) is 5.92 Å². The molecule has 4 rings (SSSR count). The molecule has 0 radical (unpaired) electrons. The fraction of sp³-hybridized carbons (Fsp3) is 0.286. The second-order valence-electron chi connectivity index (χ2n) is 4.78. The number of ether oxygens (including phenoxy) is 1. The number of rotatable bonds is 4. The van der Waals surface area contributed by atoms with E-state index in [1.807, 2.05) is 18.2 Å². The first-order chi connectivity index (χ1) is 9.38. The first-order valence-electron chi connectivity index (χ1n) is 6.33. The van der Waals surface area contributed by atoms with Gasteiger partial charge in [0.05, 0.1) is 12.8 Å². The largest absolute Gasteiger partial charge is 0.493 e. The zero-order valence-corrected chi connectivity index (χ0v) is 10.2. The molecular weight excluding hydrogens is 244 g/mol. The number of benzene rings is 1. The third-order valence-electron chi connectivity index (χ3n) is 3.19. The summed E-state index contributed by atoms with van der Waals surface area (Å²) in [4.78, 5) is 4.38. The quantitative estimate of drug-likeness (QED) is 0.716. The average molecular weight is 256 g/mol. The third-order valence-corrected chi connectivity index (χ3v) is 3.19. The lowest BCUT2D eigenvalue weighted by Gasteiger charge is -2.03. The van der Waals surface area contributed by atoms with Crippen LogP contribution in [0.4, 0.5) is 0 Å². The molecule has 0 aliphatic heterocycles. The standard InChI is InChI=1S/C14H12N2O3/c1-2-9(1)8-17-10-3-4-12-11(7-10)16-14(18-12)13-5-6-15-19-13/h3-7,9H,1-2,8H2. The van der Waals surface area contributed by atoms with Crippen LogP contribution in [-0.4, -0.2) is 16.7 Å². The molecule has 0 spiro atoms. The minimum Gasteiger partial charge on any atom is -0.493 e. The topological polar surface area (TPSA) is 61.3 Å². The molecule has 1 aromatic carbocycles. The first-order valence-corrected chi connectivity index (χ1v) is 6.33. The van der Waals surface area contributed by atoms with Gasteiger partial charge in [-0.1, -0.05) is 5.16 Å². The Bertz CT molecular complexity index is 699. The number of fused-ring (bicyclic) bond motifs is 1. The van der Waals surface area contributed by atoms with E-state index in [9.17, 15) is 0 Å². The van der Waals surface area contributed by atoms with E-state index in [0.29, 0.717) is 17.2 Å². The lowest BCUT2D eigenvalue weighted by molar-refractivity contribution is 0.300. The van der Waals surface area contributed by atoms with Gasteiger partial charge in [0, 0.05) is 12.1 Å². The van der Waals surface area contributed by atoms with E-state index in [0.717, 1.165) is 23.8 Å². The highest BCUT2D eigenvalue weighted by Crippen LogP contribution is 2.31. The SMILES string of the molecule is c1cc(-c2nc3cc(OCC4CC4)ccc3o2)on1. The van der Waals surface area contributed by atoms with Gasteiger partial charge in [-0.25, -0.2) is 4.98 Å². The van der Waals surface area contributed by atoms with Gasteiger partial charge in [-0.2, -0.15) is 0 Å². The molecule has 2 aromatic heterocycles. The molecule has 0 atom stereocenters. The molecule has 0 amide bonds. The minimum absolute atomic E-state index is 0.437. The molecule has 1 saturated carbocycles. The summed E-state index contributed by atoms with van der Waals surface area (Å²) in [5.41, 5.74) is 1.48. The molecule has 0 bridgehead atoms. The van der Waals surface area contributed by atoms with E-state index in [4.69, 9.17) is 13.7 Å². The van der Waals surface area contributed by atoms with Gasteiger partial charge in [0.15, 0.2) is 5.58 Å². The number of nitrogens with zero attached hydrogens (tertiary/aromatic N) is 2. The van der Waals surface area contributed by atoms with Gasteiger partial charge in [-0.3, -0.25) is 0 Å². The van der Waals surface area contributed by atoms with Crippen molar-refractivity contribution < 1.29 is 13.7 Å². The van der Waals surface area contributed by atoms with Gasteiger partial charge in [0.2, 0.25) is 5.76 Å². The number of hydrogen-bond acceptors (Lipinski definition) is 5. The van der Waals surface area contributed by atoms with Crippen molar-refractivity contribution in [2.75, 3.05) is 6.61 Å². The molecule has 3 aromatic rings. The monoisotopic (exact) mass is 256 g/mol. The van der Waals surface area contributed by atoms with Crippen LogP contribution in [0.5, 0.6) is 5.75 Å². The molecule has 0 N–H and O–H groups in total. The summed E-state index contributed by atoms with van der Waals surface area (Å²) in [6, 6.07) is 7.38. The minimum atomic E-state index is 0.437. The molecule has 1 aliphatic rings. The van der Waals surface area contributed by atoms with Gasteiger partial charge >= 0.3 is 0 Å². The fourth-order valence-corrected chi connectivity index (χ4v) is 1.93. The molecule has 5 nitrogen and oxygen atoms in total. The van der Waals surface area contributed by atoms with Crippen LogP contribution in [0, 0.1) is 5.92 Å². The summed E-state index contributed by atoms with van der Waals surface area (Å²) in [5.74, 6) is 2.53. The highest BCUT2D eigenvalue weighted by atomic mass is 16.5. The lowest BCUT2D eigenvalue weighted by atomic mass is 10.3. The van der Waals surface area contributed by atoms with Crippen LogP contribution in [0.1, 0.15) is 12.8 Å². The summed E-state index contributed by atoms with van der Waals surface area (Å²) in [5, 5.41) is 3.64. The van der Waals surface area contributed by atoms with E-state index >= 15 is 0 Å². The summed E-state index contributed by atoms with van der Waals surface area (Å²) in [7, 11) is 0. The smallest absolute Gasteiger partial charge is 0.266 e. The number of aromatic nitrogens is 2. The Morgan fingerprint density at radius 1 is 1.26 bits per heavy atom. The van der Waals surface area contributed by atoms with Gasteiger partial charge in [-0.15, -0.1) is 0 Å². The Labute approximate surface area is 109 Å². The zero-order chi connectivity index (χ0) is 12.7. The van der Waals surface area contributed by atoms with Crippen molar-refractivity contribution in [3.05, 3.63) is 30.5 Å². The van der Waals surface area contributed by atoms with E-state index in [2.05, 4.69) is 10.1 Å². The molecule has 0 saturated heterocycles. The van der Waals surface area contributed by atoms with E-state index in [1.165, 1.54) is 12.8 Å². The van der Waals surface area contributed by atoms with Gasteiger partial charge in [0.1, 0.15) is 11.3 Å². The maximum atomic E-state index is 5.72. The maximum Gasteiger partial charge on any atom is 0.266 e. The predicted octanol–water partition coefficient (Wildman–Crippen LogP) is 3.27. The van der Waals surface area contributed by atoms with Crippen molar-refractivity contribution in [1.82, 2.24) is 10.1 Å². The molecular formula is C14H12N2O3. The van der Waals surface area contributed by atoms with Crippen molar-refractivity contribution in [2.45, 2.75) is 12.8 Å². The third kappa shape index (κ3) is 2.07. The van der Waals surface area contributed by atoms with Gasteiger partial charge in [-0.05, 0) is 30.9 Å². The maximum absolute atomic E-state index is 5.72. The Morgan fingerprint density at radius 2 is 2.21 bits per heavy atom. The second kappa shape index (κ2) is 4.12.